The maximum absolute atomic E-state index is 9.90. The van der Waals surface area contributed by atoms with Gasteiger partial charge in [0.2, 0.25) is 0 Å². The molecule has 0 aliphatic carbocycles. The third-order valence-corrected chi connectivity index (χ3v) is 4.82. The Morgan fingerprint density at radius 3 is 3.04 bits per heavy atom. The number of phenols is 1. The number of aromatic nitrogens is 2. The molecule has 1 saturated heterocycles. The van der Waals surface area contributed by atoms with Crippen LogP contribution in [0.25, 0.3) is 16.9 Å². The normalized spacial score (nSPS) is 16.9. The van der Waals surface area contributed by atoms with Crippen molar-refractivity contribution < 1.29 is 14.6 Å². The Kier molecular flexibility index (Phi) is 4.42. The summed E-state index contributed by atoms with van der Waals surface area (Å²) in [5, 5.41) is 13.4. The lowest BCUT2D eigenvalue weighted by Crippen LogP contribution is -2.19. The molecule has 0 saturated carbocycles. The van der Waals surface area contributed by atoms with Crippen molar-refractivity contribution in [3.8, 4) is 22.8 Å². The highest BCUT2D eigenvalue weighted by Crippen LogP contribution is 2.35. The van der Waals surface area contributed by atoms with Crippen molar-refractivity contribution in [2.24, 2.45) is 0 Å². The van der Waals surface area contributed by atoms with Crippen molar-refractivity contribution in [2.45, 2.75) is 25.9 Å². The summed E-state index contributed by atoms with van der Waals surface area (Å²) in [6.45, 7) is 3.62. The van der Waals surface area contributed by atoms with Crippen LogP contribution in [-0.2, 0) is 4.74 Å². The van der Waals surface area contributed by atoms with E-state index in [1.807, 2.05) is 37.4 Å². The summed E-state index contributed by atoms with van der Waals surface area (Å²) < 4.78 is 13.1. The van der Waals surface area contributed by atoms with Gasteiger partial charge in [-0.3, -0.25) is 4.40 Å². The van der Waals surface area contributed by atoms with Crippen LogP contribution in [0.2, 0.25) is 0 Å². The van der Waals surface area contributed by atoms with E-state index in [0.29, 0.717) is 5.75 Å². The van der Waals surface area contributed by atoms with E-state index in [1.54, 1.807) is 13.2 Å². The number of anilines is 1. The molecule has 6 heteroatoms. The monoisotopic (exact) mass is 353 g/mol. The highest BCUT2D eigenvalue weighted by atomic mass is 16.5. The number of imidazole rings is 1. The van der Waals surface area contributed by atoms with Crippen molar-refractivity contribution in [1.82, 2.24) is 9.38 Å². The Balaban J connectivity index is 1.79. The van der Waals surface area contributed by atoms with Crippen molar-refractivity contribution in [3.05, 3.63) is 42.1 Å². The fourth-order valence-electron chi connectivity index (χ4n) is 3.41. The van der Waals surface area contributed by atoms with E-state index in [0.717, 1.165) is 54.3 Å². The van der Waals surface area contributed by atoms with Gasteiger partial charge in [0.15, 0.2) is 11.5 Å². The molecule has 3 aromatic rings. The lowest BCUT2D eigenvalue weighted by Gasteiger charge is -2.13. The van der Waals surface area contributed by atoms with Gasteiger partial charge in [0, 0.05) is 24.9 Å². The van der Waals surface area contributed by atoms with E-state index >= 15 is 0 Å². The fourth-order valence-corrected chi connectivity index (χ4v) is 3.41. The lowest BCUT2D eigenvalue weighted by molar-refractivity contribution is 0.120. The molecule has 6 nitrogen and oxygen atoms in total. The first kappa shape index (κ1) is 16.7. The molecule has 1 aliphatic rings. The zero-order chi connectivity index (χ0) is 18.1. The summed E-state index contributed by atoms with van der Waals surface area (Å²) in [4.78, 5) is 4.86. The minimum absolute atomic E-state index is 0.116. The molecular formula is C20H23N3O3. The van der Waals surface area contributed by atoms with E-state index in [9.17, 15) is 5.11 Å². The minimum Gasteiger partial charge on any atom is -0.504 e. The van der Waals surface area contributed by atoms with E-state index in [1.165, 1.54) is 0 Å². The smallest absolute Gasteiger partial charge is 0.161 e. The predicted octanol–water partition coefficient (Wildman–Crippen LogP) is 3.61. The number of rotatable bonds is 5. The number of nitrogens with one attached hydrogen (secondary N) is 1. The summed E-state index contributed by atoms with van der Waals surface area (Å²) >= 11 is 0. The second-order valence-electron chi connectivity index (χ2n) is 6.60. The van der Waals surface area contributed by atoms with Gasteiger partial charge in [0.25, 0.3) is 0 Å². The number of aryl methyl sites for hydroxylation is 1. The van der Waals surface area contributed by atoms with E-state index < -0.39 is 0 Å². The Labute approximate surface area is 152 Å². The number of methoxy groups -OCH3 is 1. The molecule has 0 amide bonds. The summed E-state index contributed by atoms with van der Waals surface area (Å²) in [5.41, 5.74) is 3.72. The number of nitrogens with zero attached hydrogens (tertiary/aromatic N) is 2. The zero-order valence-corrected chi connectivity index (χ0v) is 15.0. The van der Waals surface area contributed by atoms with Crippen molar-refractivity contribution in [1.29, 1.82) is 0 Å². The molecular weight excluding hydrogens is 330 g/mol. The Morgan fingerprint density at radius 1 is 1.38 bits per heavy atom. The molecule has 0 radical (unpaired) electrons. The van der Waals surface area contributed by atoms with Gasteiger partial charge in [-0.25, -0.2) is 4.98 Å². The Morgan fingerprint density at radius 2 is 2.27 bits per heavy atom. The highest BCUT2D eigenvalue weighted by Gasteiger charge is 2.20. The van der Waals surface area contributed by atoms with Gasteiger partial charge in [-0.2, -0.15) is 0 Å². The third-order valence-electron chi connectivity index (χ3n) is 4.82. The number of benzene rings is 1. The molecule has 2 aromatic heterocycles. The van der Waals surface area contributed by atoms with Crippen LogP contribution in [0.3, 0.4) is 0 Å². The number of phenolic OH excluding ortho intramolecular Hbond substituents is 1. The topological polar surface area (TPSA) is 68.0 Å². The third kappa shape index (κ3) is 2.97. The maximum atomic E-state index is 9.90. The molecule has 3 heterocycles. The molecule has 1 aromatic carbocycles. The molecule has 26 heavy (non-hydrogen) atoms. The number of hydrogen-bond donors (Lipinski definition) is 2. The van der Waals surface area contributed by atoms with E-state index in [2.05, 4.69) is 9.72 Å². The van der Waals surface area contributed by atoms with Crippen LogP contribution in [0.4, 0.5) is 5.82 Å². The summed E-state index contributed by atoms with van der Waals surface area (Å²) in [6, 6.07) is 9.36. The van der Waals surface area contributed by atoms with Crippen LogP contribution < -0.4 is 10.1 Å². The second-order valence-corrected chi connectivity index (χ2v) is 6.60. The molecule has 4 rings (SSSR count). The van der Waals surface area contributed by atoms with Gasteiger partial charge < -0.3 is 19.9 Å². The van der Waals surface area contributed by atoms with Gasteiger partial charge in [-0.15, -0.1) is 0 Å². The minimum atomic E-state index is 0.116. The number of pyridine rings is 1. The van der Waals surface area contributed by atoms with Crippen LogP contribution in [0.15, 0.2) is 36.5 Å². The van der Waals surface area contributed by atoms with Crippen LogP contribution in [0.5, 0.6) is 11.5 Å². The molecule has 0 spiro atoms. The molecule has 1 atom stereocenters. The molecule has 2 N–H and O–H groups in total. The highest BCUT2D eigenvalue weighted by molar-refractivity contribution is 5.78. The van der Waals surface area contributed by atoms with Crippen molar-refractivity contribution in [3.63, 3.8) is 0 Å². The Bertz CT molecular complexity index is 929. The first-order valence-corrected chi connectivity index (χ1v) is 8.88. The number of fused-ring (bicyclic) bond motifs is 1. The van der Waals surface area contributed by atoms with Gasteiger partial charge in [-0.1, -0.05) is 6.07 Å². The summed E-state index contributed by atoms with van der Waals surface area (Å²) in [5.74, 6) is 1.47. The Hall–Kier alpha value is -2.73. The lowest BCUT2D eigenvalue weighted by atomic mass is 10.1. The van der Waals surface area contributed by atoms with Crippen LogP contribution in [0, 0.1) is 6.92 Å². The first-order chi connectivity index (χ1) is 12.7. The number of hydrogen-bond acceptors (Lipinski definition) is 5. The largest absolute Gasteiger partial charge is 0.504 e. The van der Waals surface area contributed by atoms with Crippen LogP contribution in [0.1, 0.15) is 18.4 Å². The van der Waals surface area contributed by atoms with Gasteiger partial charge in [0.1, 0.15) is 17.2 Å². The zero-order valence-electron chi connectivity index (χ0n) is 15.0. The maximum Gasteiger partial charge on any atom is 0.161 e. The van der Waals surface area contributed by atoms with E-state index in [4.69, 9.17) is 14.5 Å². The molecule has 136 valence electrons. The first-order valence-electron chi connectivity index (χ1n) is 8.88. The average molecular weight is 353 g/mol. The standard InChI is InChI=1S/C20H23N3O3/c1-13-5-3-9-23-19(13)22-18(14-7-8-16(24)17(11-14)25-2)20(23)21-12-15-6-4-10-26-15/h3,5,7-9,11,15,21,24H,4,6,10,12H2,1-2H3. The average Bonchev–Trinajstić information content (AvgIpc) is 3.29. The molecule has 1 fully saturated rings. The predicted molar refractivity (Wildman–Crippen MR) is 101 cm³/mol. The fraction of sp³-hybridized carbons (Fsp3) is 0.350. The van der Waals surface area contributed by atoms with Gasteiger partial charge in [-0.05, 0) is 49.6 Å². The van der Waals surface area contributed by atoms with Crippen LogP contribution in [-0.4, -0.2) is 40.9 Å². The second kappa shape index (κ2) is 6.88. The van der Waals surface area contributed by atoms with E-state index in [-0.39, 0.29) is 11.9 Å². The van der Waals surface area contributed by atoms with Crippen LogP contribution >= 0.6 is 0 Å². The number of aromatic hydroxyl groups is 1. The molecule has 1 unspecified atom stereocenters. The SMILES string of the molecule is COc1cc(-c2nc3c(C)cccn3c2NCC2CCCO2)ccc1O. The quantitative estimate of drug-likeness (QED) is 0.733. The van der Waals surface area contributed by atoms with Gasteiger partial charge in [0.05, 0.1) is 13.2 Å². The van der Waals surface area contributed by atoms with Crippen molar-refractivity contribution >= 4 is 11.5 Å². The summed E-state index contributed by atoms with van der Waals surface area (Å²) in [7, 11) is 1.54. The number of ether oxygens (including phenoxy) is 2. The van der Waals surface area contributed by atoms with Crippen molar-refractivity contribution in [2.75, 3.05) is 25.6 Å². The summed E-state index contributed by atoms with van der Waals surface area (Å²) in [6.07, 6.45) is 4.42. The van der Waals surface area contributed by atoms with Gasteiger partial charge >= 0.3 is 0 Å². The molecule has 0 bridgehead atoms. The molecule has 1 aliphatic heterocycles.